The number of aliphatic hydroxyl groups is 2. The summed E-state index contributed by atoms with van der Waals surface area (Å²) in [6.07, 6.45) is 11.3. The Hall–Kier alpha value is -12.8. The number of amides is 17. The highest BCUT2D eigenvalue weighted by molar-refractivity contribution is 6.03. The predicted molar refractivity (Wildman–Crippen MR) is 499 cm³/mol. The number of imidazole rings is 1. The van der Waals surface area contributed by atoms with Gasteiger partial charge in [0.15, 0.2) is 17.9 Å². The number of guanidine groups is 3. The van der Waals surface area contributed by atoms with Crippen molar-refractivity contribution in [2.45, 2.75) is 324 Å². The fourth-order valence-electron chi connectivity index (χ4n) is 17.3. The van der Waals surface area contributed by atoms with Gasteiger partial charge in [-0.2, -0.15) is 0 Å². The average Bonchev–Trinajstić information content (AvgIpc) is 1.59. The third-order valence-corrected chi connectivity index (χ3v) is 24.7. The van der Waals surface area contributed by atoms with Crippen LogP contribution in [0, 0.1) is 39.9 Å². The molecule has 14 atom stereocenters. The molecular formula is C89H146N28O19. The molecular weight excluding hydrogens is 1770 g/mol. The summed E-state index contributed by atoms with van der Waals surface area (Å²) >= 11 is 0. The number of aliphatic hydroxyl groups excluding tert-OH is 2. The van der Waals surface area contributed by atoms with Gasteiger partial charge in [-0.15, -0.1) is 0 Å². The molecule has 2 heterocycles. The third-order valence-electron chi connectivity index (χ3n) is 24.7. The van der Waals surface area contributed by atoms with Crippen LogP contribution in [0.15, 0.2) is 42.9 Å². The number of carbonyl (C=O) groups excluding carboxylic acids is 17. The van der Waals surface area contributed by atoms with Crippen LogP contribution >= 0.6 is 0 Å². The largest absolute Gasteiger partial charge is 0.394 e. The number of aromatic amines is 1. The van der Waals surface area contributed by atoms with Gasteiger partial charge in [-0.05, 0) is 140 Å². The van der Waals surface area contributed by atoms with E-state index in [0.29, 0.717) is 37.8 Å². The second-order valence-corrected chi connectivity index (χ2v) is 36.8. The number of carbonyl (C=O) groups is 17. The smallest absolute Gasteiger partial charge is 0.251 e. The highest BCUT2D eigenvalue weighted by atomic mass is 16.3. The van der Waals surface area contributed by atoms with Gasteiger partial charge in [0.25, 0.3) is 5.91 Å². The number of hydrogen-bond acceptors (Lipinski definition) is 23. The summed E-state index contributed by atoms with van der Waals surface area (Å²) < 4.78 is 0. The number of nitrogens with two attached hydrogens (primary N) is 6. The van der Waals surface area contributed by atoms with Crippen molar-refractivity contribution in [3.8, 4) is 0 Å². The monoisotopic (exact) mass is 1910 g/mol. The molecule has 34 N–H and O–H groups in total. The second-order valence-electron chi connectivity index (χ2n) is 36.8. The lowest BCUT2D eigenvalue weighted by Gasteiger charge is -2.32. The number of likely N-dealkylation sites (tertiary alicyclic amines) is 1. The Labute approximate surface area is 791 Å². The number of hydrogen-bond donors (Lipinski definition) is 28. The highest BCUT2D eigenvalue weighted by Gasteiger charge is 2.44. The summed E-state index contributed by atoms with van der Waals surface area (Å²) in [5.74, 6) is -17.7. The van der Waals surface area contributed by atoms with Gasteiger partial charge in [0.05, 0.1) is 25.5 Å². The zero-order chi connectivity index (χ0) is 100. The molecule has 3 saturated carbocycles. The minimum Gasteiger partial charge on any atom is -0.394 e. The zero-order valence-electron chi connectivity index (χ0n) is 78.6. The van der Waals surface area contributed by atoms with E-state index in [-0.39, 0.29) is 138 Å². The maximum atomic E-state index is 15.4. The number of primary amides is 3. The lowest BCUT2D eigenvalue weighted by atomic mass is 9.83. The van der Waals surface area contributed by atoms with E-state index < -0.39 is 228 Å². The normalized spacial score (nSPS) is 17.6. The van der Waals surface area contributed by atoms with Gasteiger partial charge in [-0.25, -0.2) is 4.98 Å². The van der Waals surface area contributed by atoms with Crippen molar-refractivity contribution in [2.75, 3.05) is 32.8 Å². The van der Waals surface area contributed by atoms with Crippen molar-refractivity contribution in [1.29, 1.82) is 16.2 Å². The number of nitrogens with zero attached hydrogens (tertiary/aromatic N) is 2. The summed E-state index contributed by atoms with van der Waals surface area (Å²) in [5, 5.41) is 86.6. The predicted octanol–water partition coefficient (Wildman–Crippen LogP) is -4.28. The molecule has 6 rings (SSSR count). The van der Waals surface area contributed by atoms with E-state index in [2.05, 4.69) is 95.0 Å². The Kier molecular flexibility index (Phi) is 47.0. The van der Waals surface area contributed by atoms with E-state index in [1.807, 2.05) is 0 Å². The lowest BCUT2D eigenvalue weighted by Crippen LogP contribution is -2.65. The van der Waals surface area contributed by atoms with Crippen LogP contribution in [-0.4, -0.2) is 266 Å². The van der Waals surface area contributed by atoms with E-state index >= 15 is 14.4 Å². The van der Waals surface area contributed by atoms with Gasteiger partial charge in [-0.3, -0.25) is 97.7 Å². The second kappa shape index (κ2) is 57.1. The number of H-pyrrole nitrogens is 1. The SMILES string of the molecule is CC(C)C[C@H](NC(=O)[C@H](CC(N)=O)NC(=O)[C@H](CC1CCCCC1)NC(=O)[C@H](CC1CCCCC1)NC(=O)[C@H](Cc1cnc[nH]1)NC(=O)[C@H](CCCNC(=N)N)NC(=O)[C@H]1CCCN1C(=O)[C@H](CO)NC(=O)c1ccccc1)C(=O)NC(C)(C)C(=O)N[C@H](C(=O)N[C@@H](CCCNC(=N)N)C(=O)N[C@@H](CCC(N)=O)C(=O)N[C@@H](CCCNC(=N)N)C(=O)N[C@@H](CC1CCCCC1)C(N)=O)[C@@H](C)O. The molecule has 1 aliphatic heterocycles. The van der Waals surface area contributed by atoms with E-state index in [0.717, 1.165) is 77.6 Å². The maximum Gasteiger partial charge on any atom is 0.251 e. The van der Waals surface area contributed by atoms with Crippen molar-refractivity contribution < 1.29 is 91.7 Å². The van der Waals surface area contributed by atoms with Crippen LogP contribution in [0.3, 0.4) is 0 Å². The van der Waals surface area contributed by atoms with Crippen LogP contribution in [0.4, 0.5) is 0 Å². The van der Waals surface area contributed by atoms with Gasteiger partial charge in [-0.1, -0.05) is 128 Å². The lowest BCUT2D eigenvalue weighted by molar-refractivity contribution is -0.141. The number of benzene rings is 1. The summed E-state index contributed by atoms with van der Waals surface area (Å²) in [5.41, 5.74) is 32.2. The molecule has 0 bridgehead atoms. The Morgan fingerprint density at radius 2 is 0.875 bits per heavy atom. The van der Waals surface area contributed by atoms with E-state index in [1.165, 1.54) is 43.4 Å². The maximum absolute atomic E-state index is 15.4. The minimum absolute atomic E-state index is 0.00157. The van der Waals surface area contributed by atoms with Gasteiger partial charge in [0, 0.05) is 56.5 Å². The van der Waals surface area contributed by atoms with Crippen LogP contribution in [-0.2, 0) is 83.1 Å². The average molecular weight is 1910 g/mol. The third kappa shape index (κ3) is 39.2. The van der Waals surface area contributed by atoms with Gasteiger partial charge in [0.1, 0.15) is 84.1 Å². The van der Waals surface area contributed by atoms with Gasteiger partial charge < -0.3 is 140 Å². The molecule has 0 radical (unpaired) electrons. The quantitative estimate of drug-likeness (QED) is 0.0169. The molecule has 0 spiro atoms. The molecule has 0 unspecified atom stereocenters. The van der Waals surface area contributed by atoms with Crippen molar-refractivity contribution in [3.05, 3.63) is 54.1 Å². The van der Waals surface area contributed by atoms with Crippen molar-refractivity contribution in [1.82, 2.24) is 99.9 Å². The van der Waals surface area contributed by atoms with Crippen LogP contribution in [0.25, 0.3) is 0 Å². The Bertz CT molecular complexity index is 4370. The summed E-state index contributed by atoms with van der Waals surface area (Å²) in [4.78, 5) is 250. The van der Waals surface area contributed by atoms with Crippen LogP contribution < -0.4 is 119 Å². The Morgan fingerprint density at radius 1 is 0.463 bits per heavy atom. The molecule has 17 amide bonds. The van der Waals surface area contributed by atoms with Crippen LogP contribution in [0.2, 0.25) is 0 Å². The van der Waals surface area contributed by atoms with Crippen LogP contribution in [0.1, 0.15) is 243 Å². The van der Waals surface area contributed by atoms with Crippen molar-refractivity contribution in [2.24, 2.45) is 58.1 Å². The van der Waals surface area contributed by atoms with Gasteiger partial charge in [0.2, 0.25) is 94.5 Å². The number of nitrogens with one attached hydrogen (secondary N) is 20. The zero-order valence-corrected chi connectivity index (χ0v) is 78.6. The standard InChI is InChI=1S/C89H146N28O19/c1-49(2)40-61(81(132)116-89(4,5)85(136)115-70(50(3)119)83(134)107-58(32-20-38-102-88(97)98)73(124)105-59(34-35-68(90)120)76(127)104-56(30-18-36-100-86(93)94)74(125)108-60(71(92)122)41-51-22-10-6-11-23-51)109-80(131)65(45-69(91)121)113-78(129)63(43-53-26-14-8-15-27-53)110-77(128)62(42-52-24-12-7-13-25-52)111-79(130)64(44-55-46-99-48-103-55)112-75(126)57(31-19-37-101-87(95)96)106-82(133)67-33-21-39-117(67)84(135)66(47-118)114-72(123)54-28-16-9-17-29-54/h9,16-17,28-29,46,48-53,56-67,70,118-119H,6-8,10-15,18-27,30-45,47H2,1-5H3,(H2,90,120)(H2,91,121)(H2,92,122)(H,99,103)(H,104,127)(H,105,124)(H,106,133)(H,107,134)(H,108,125)(H,109,131)(H,110,128)(H,111,130)(H,112,126)(H,113,129)(H,114,123)(H,115,136)(H,116,132)(H4,93,94,100)(H4,95,96,101)(H4,97,98,102)/t50-,56+,57+,58+,59+,60+,61+,62+,63+,64+,65+,66+,67-,70+/m1/s1. The first-order valence-electron chi connectivity index (χ1n) is 47.2. The molecule has 47 heteroatoms. The molecule has 3 aliphatic carbocycles. The molecule has 2 aromatic rings. The number of aromatic nitrogens is 2. The molecule has 47 nitrogen and oxygen atoms in total. The first-order chi connectivity index (χ1) is 64.5. The Balaban J connectivity index is 1.21. The van der Waals surface area contributed by atoms with Crippen molar-refractivity contribution >= 4 is 118 Å². The minimum atomic E-state index is -2.05. The van der Waals surface area contributed by atoms with E-state index in [1.54, 1.807) is 32.0 Å². The van der Waals surface area contributed by atoms with Gasteiger partial charge >= 0.3 is 0 Å². The van der Waals surface area contributed by atoms with Crippen LogP contribution in [0.5, 0.6) is 0 Å². The van der Waals surface area contributed by atoms with E-state index in [4.69, 9.17) is 50.6 Å². The molecule has 1 saturated heterocycles. The fourth-order valence-corrected chi connectivity index (χ4v) is 17.3. The van der Waals surface area contributed by atoms with E-state index in [9.17, 15) is 77.3 Å². The Morgan fingerprint density at radius 3 is 1.31 bits per heavy atom. The van der Waals surface area contributed by atoms with Crippen molar-refractivity contribution in [3.63, 3.8) is 0 Å². The molecule has 1 aromatic carbocycles. The molecule has 756 valence electrons. The summed E-state index contributed by atoms with van der Waals surface area (Å²) in [6, 6.07) is -11.6. The highest BCUT2D eigenvalue weighted by Crippen LogP contribution is 2.31. The topological polar surface area (TPSA) is 783 Å². The molecule has 136 heavy (non-hydrogen) atoms. The molecule has 4 fully saturated rings. The molecule has 4 aliphatic rings. The first kappa shape index (κ1) is 112. The summed E-state index contributed by atoms with van der Waals surface area (Å²) in [7, 11) is 0. The summed E-state index contributed by atoms with van der Waals surface area (Å²) in [6.45, 7) is 6.30. The number of rotatable bonds is 57. The molecule has 1 aromatic heterocycles. The first-order valence-corrected chi connectivity index (χ1v) is 47.2. The fraction of sp³-hybridized carbons (Fsp3) is 0.674.